The van der Waals surface area contributed by atoms with E-state index in [1.165, 1.54) is 0 Å². The first-order valence-corrected chi connectivity index (χ1v) is 6.52. The van der Waals surface area contributed by atoms with Crippen molar-refractivity contribution in [3.05, 3.63) is 35.7 Å². The normalized spacial score (nSPS) is 11.3. The van der Waals surface area contributed by atoms with Gasteiger partial charge in [0.2, 0.25) is 5.95 Å². The van der Waals surface area contributed by atoms with Crippen LogP contribution in [0.15, 0.2) is 30.6 Å². The predicted molar refractivity (Wildman–Crippen MR) is 77.6 cm³/mol. The fraction of sp³-hybridized carbons (Fsp3) is 0.0833. The Morgan fingerprint density at radius 1 is 1.29 bits per heavy atom. The highest BCUT2D eigenvalue weighted by molar-refractivity contribution is 6.32. The van der Waals surface area contributed by atoms with E-state index in [2.05, 4.69) is 30.7 Å². The molecule has 0 amide bonds. The zero-order valence-electron chi connectivity index (χ0n) is 10.9. The van der Waals surface area contributed by atoms with E-state index in [4.69, 9.17) is 11.6 Å². The summed E-state index contributed by atoms with van der Waals surface area (Å²) < 4.78 is 3.28. The molecule has 3 aromatic heterocycles. The van der Waals surface area contributed by atoms with Crippen LogP contribution in [0.5, 0.6) is 0 Å². The molecule has 8 nitrogen and oxygen atoms in total. The minimum Gasteiger partial charge on any atom is -0.323 e. The summed E-state index contributed by atoms with van der Waals surface area (Å²) in [6.45, 7) is 0. The molecule has 0 saturated carbocycles. The number of aromatic nitrogens is 7. The highest BCUT2D eigenvalue weighted by Gasteiger charge is 2.09. The Labute approximate surface area is 123 Å². The molecule has 3 heterocycles. The van der Waals surface area contributed by atoms with E-state index in [9.17, 15) is 0 Å². The summed E-state index contributed by atoms with van der Waals surface area (Å²) in [6.07, 6.45) is 3.26. The van der Waals surface area contributed by atoms with E-state index in [0.29, 0.717) is 16.7 Å². The van der Waals surface area contributed by atoms with Gasteiger partial charge >= 0.3 is 0 Å². The summed E-state index contributed by atoms with van der Waals surface area (Å²) in [6, 6.07) is 5.71. The molecule has 9 heteroatoms. The molecule has 1 aromatic carbocycles. The number of rotatable bonds is 2. The average Bonchev–Trinajstić information content (AvgIpc) is 3.04. The van der Waals surface area contributed by atoms with Crippen LogP contribution in [0.3, 0.4) is 0 Å². The molecule has 0 spiro atoms. The molecule has 0 bridgehead atoms. The third-order valence-electron chi connectivity index (χ3n) is 3.08. The standard InChI is InChI=1S/C12H9ClN8/c1-20-9-6-7(2-3-8(9)17-19-20)15-12-16-11-10(13)14-4-5-21(11)18-12/h2-6H,1H3,(H,15,18). The molecule has 21 heavy (non-hydrogen) atoms. The highest BCUT2D eigenvalue weighted by Crippen LogP contribution is 2.20. The summed E-state index contributed by atoms with van der Waals surface area (Å²) in [7, 11) is 1.84. The van der Waals surface area contributed by atoms with Crippen molar-refractivity contribution in [2.75, 3.05) is 5.32 Å². The molecule has 0 radical (unpaired) electrons. The van der Waals surface area contributed by atoms with Gasteiger partial charge in [0.25, 0.3) is 0 Å². The van der Waals surface area contributed by atoms with Crippen LogP contribution < -0.4 is 5.32 Å². The van der Waals surface area contributed by atoms with E-state index in [1.54, 1.807) is 21.6 Å². The maximum atomic E-state index is 5.98. The van der Waals surface area contributed by atoms with Crippen molar-refractivity contribution in [2.24, 2.45) is 7.05 Å². The zero-order chi connectivity index (χ0) is 14.4. The minimum absolute atomic E-state index is 0.310. The maximum Gasteiger partial charge on any atom is 0.247 e. The fourth-order valence-corrected chi connectivity index (χ4v) is 2.26. The van der Waals surface area contributed by atoms with Gasteiger partial charge in [0.1, 0.15) is 5.52 Å². The monoisotopic (exact) mass is 300 g/mol. The Morgan fingerprint density at radius 2 is 2.19 bits per heavy atom. The van der Waals surface area contributed by atoms with Crippen molar-refractivity contribution in [2.45, 2.75) is 0 Å². The second-order valence-electron chi connectivity index (χ2n) is 4.46. The van der Waals surface area contributed by atoms with E-state index in [-0.39, 0.29) is 0 Å². The van der Waals surface area contributed by atoms with Crippen molar-refractivity contribution in [3.63, 3.8) is 0 Å². The van der Waals surface area contributed by atoms with Gasteiger partial charge < -0.3 is 5.32 Å². The third kappa shape index (κ3) is 1.96. The molecule has 0 aliphatic rings. The second-order valence-corrected chi connectivity index (χ2v) is 4.82. The molecule has 104 valence electrons. The zero-order valence-corrected chi connectivity index (χ0v) is 11.7. The number of nitrogens with one attached hydrogen (secondary N) is 1. The lowest BCUT2D eigenvalue weighted by Gasteiger charge is -2.01. The minimum atomic E-state index is 0.310. The van der Waals surface area contributed by atoms with Crippen molar-refractivity contribution < 1.29 is 0 Å². The van der Waals surface area contributed by atoms with Crippen LogP contribution in [0.2, 0.25) is 5.15 Å². The number of hydrogen-bond acceptors (Lipinski definition) is 6. The SMILES string of the molecule is Cn1nnc2ccc(Nc3nc4c(Cl)nccn4n3)cc21. The van der Waals surface area contributed by atoms with Gasteiger partial charge in [0, 0.05) is 25.1 Å². The Balaban J connectivity index is 1.75. The molecular weight excluding hydrogens is 292 g/mol. The van der Waals surface area contributed by atoms with Gasteiger partial charge in [-0.15, -0.1) is 10.2 Å². The van der Waals surface area contributed by atoms with Gasteiger partial charge in [-0.2, -0.15) is 4.98 Å². The molecule has 4 aromatic rings. The lowest BCUT2D eigenvalue weighted by Crippen LogP contribution is -1.94. The van der Waals surface area contributed by atoms with E-state index in [0.717, 1.165) is 16.7 Å². The molecular formula is C12H9ClN8. The molecule has 4 rings (SSSR count). The largest absolute Gasteiger partial charge is 0.323 e. The first-order chi connectivity index (χ1) is 10.2. The molecule has 0 aliphatic carbocycles. The average molecular weight is 301 g/mol. The molecule has 0 aliphatic heterocycles. The van der Waals surface area contributed by atoms with E-state index in [1.807, 2.05) is 25.2 Å². The van der Waals surface area contributed by atoms with Crippen LogP contribution >= 0.6 is 11.6 Å². The summed E-state index contributed by atoms with van der Waals surface area (Å²) >= 11 is 5.98. The molecule has 0 atom stereocenters. The molecule has 0 saturated heterocycles. The van der Waals surface area contributed by atoms with Crippen LogP contribution in [0.25, 0.3) is 16.7 Å². The highest BCUT2D eigenvalue weighted by atomic mass is 35.5. The van der Waals surface area contributed by atoms with Gasteiger partial charge in [0.15, 0.2) is 10.8 Å². The van der Waals surface area contributed by atoms with Crippen LogP contribution in [0, 0.1) is 0 Å². The second kappa shape index (κ2) is 4.38. The summed E-state index contributed by atoms with van der Waals surface area (Å²) in [5.74, 6) is 0.444. The number of fused-ring (bicyclic) bond motifs is 2. The molecule has 0 fully saturated rings. The number of anilines is 2. The summed E-state index contributed by atoms with van der Waals surface area (Å²) in [5.41, 5.74) is 3.10. The lowest BCUT2D eigenvalue weighted by atomic mass is 10.3. The van der Waals surface area contributed by atoms with Gasteiger partial charge in [-0.25, -0.2) is 14.2 Å². The summed E-state index contributed by atoms with van der Waals surface area (Å²) in [5, 5.41) is 15.7. The van der Waals surface area contributed by atoms with Gasteiger partial charge in [-0.05, 0) is 18.2 Å². The van der Waals surface area contributed by atoms with Gasteiger partial charge in [-0.3, -0.25) is 0 Å². The topological polar surface area (TPSA) is 85.8 Å². The number of aryl methyl sites for hydroxylation is 1. The van der Waals surface area contributed by atoms with Crippen LogP contribution in [-0.2, 0) is 7.05 Å². The number of halogens is 1. The third-order valence-corrected chi connectivity index (χ3v) is 3.34. The fourth-order valence-electron chi connectivity index (χ4n) is 2.08. The van der Waals surface area contributed by atoms with E-state index < -0.39 is 0 Å². The van der Waals surface area contributed by atoms with E-state index >= 15 is 0 Å². The molecule has 1 N–H and O–H groups in total. The predicted octanol–water partition coefficient (Wildman–Crippen LogP) is 1.80. The Kier molecular flexibility index (Phi) is 2.51. The summed E-state index contributed by atoms with van der Waals surface area (Å²) in [4.78, 5) is 8.27. The Bertz CT molecular complexity index is 956. The van der Waals surface area contributed by atoms with Crippen molar-refractivity contribution in [1.82, 2.24) is 34.6 Å². The van der Waals surface area contributed by atoms with Crippen LogP contribution in [-0.4, -0.2) is 34.6 Å². The maximum absolute atomic E-state index is 5.98. The smallest absolute Gasteiger partial charge is 0.247 e. The van der Waals surface area contributed by atoms with Gasteiger partial charge in [0.05, 0.1) is 5.52 Å². The number of benzene rings is 1. The van der Waals surface area contributed by atoms with Crippen LogP contribution in [0.4, 0.5) is 11.6 Å². The Hall–Kier alpha value is -2.74. The molecule has 0 unspecified atom stereocenters. The number of nitrogens with zero attached hydrogens (tertiary/aromatic N) is 7. The number of hydrogen-bond donors (Lipinski definition) is 1. The van der Waals surface area contributed by atoms with Gasteiger partial charge in [-0.1, -0.05) is 16.8 Å². The van der Waals surface area contributed by atoms with Crippen molar-refractivity contribution >= 4 is 39.9 Å². The van der Waals surface area contributed by atoms with Crippen molar-refractivity contribution in [3.8, 4) is 0 Å². The Morgan fingerprint density at radius 3 is 3.05 bits per heavy atom. The first kappa shape index (κ1) is 12.0. The van der Waals surface area contributed by atoms with Crippen molar-refractivity contribution in [1.29, 1.82) is 0 Å². The first-order valence-electron chi connectivity index (χ1n) is 6.14. The van der Waals surface area contributed by atoms with Crippen LogP contribution in [0.1, 0.15) is 0 Å². The quantitative estimate of drug-likeness (QED) is 0.607. The lowest BCUT2D eigenvalue weighted by molar-refractivity contribution is 0.736.